The van der Waals surface area contributed by atoms with Crippen molar-refractivity contribution in [1.29, 1.82) is 0 Å². The van der Waals surface area contributed by atoms with Gasteiger partial charge in [-0.3, -0.25) is 9.78 Å². The number of pyridine rings is 2. The quantitative estimate of drug-likeness (QED) is 0.396. The molecule has 1 amide bonds. The monoisotopic (exact) mass is 480 g/mol. The number of hydrogen-bond acceptors (Lipinski definition) is 5. The fourth-order valence-corrected chi connectivity index (χ4v) is 4.57. The molecule has 0 radical (unpaired) electrons. The fraction of sp³-hybridized carbons (Fsp3) is 0.269. The van der Waals surface area contributed by atoms with Crippen molar-refractivity contribution in [1.82, 2.24) is 14.9 Å². The summed E-state index contributed by atoms with van der Waals surface area (Å²) in [4.78, 5) is 23.9. The molecule has 5 rings (SSSR count). The van der Waals surface area contributed by atoms with Gasteiger partial charge in [-0.15, -0.1) is 0 Å². The third kappa shape index (κ3) is 4.45. The highest BCUT2D eigenvalue weighted by Gasteiger charge is 2.33. The number of hydrogen-bond donors (Lipinski definition) is 1. The topological polar surface area (TPSA) is 85.2 Å². The molecule has 1 aliphatic carbocycles. The molecule has 9 heteroatoms. The predicted molar refractivity (Wildman–Crippen MR) is 124 cm³/mol. The van der Waals surface area contributed by atoms with Crippen LogP contribution in [0.15, 0.2) is 59.3 Å². The first-order valence-electron chi connectivity index (χ1n) is 11.3. The molecule has 3 aromatic heterocycles. The van der Waals surface area contributed by atoms with Crippen LogP contribution >= 0.6 is 0 Å². The molecule has 1 aromatic carbocycles. The number of nitrogens with zero attached hydrogens (tertiary/aromatic N) is 3. The summed E-state index contributed by atoms with van der Waals surface area (Å²) in [5.41, 5.74) is 8.31. The number of alkyl halides is 3. The van der Waals surface area contributed by atoms with Crippen LogP contribution < -0.4 is 5.73 Å². The Morgan fingerprint density at radius 3 is 2.77 bits per heavy atom. The maximum absolute atomic E-state index is 13.8. The zero-order valence-corrected chi connectivity index (χ0v) is 19.0. The molecule has 1 aliphatic rings. The molecule has 0 saturated heterocycles. The summed E-state index contributed by atoms with van der Waals surface area (Å²) < 4.78 is 44.6. The Morgan fingerprint density at radius 1 is 1.20 bits per heavy atom. The molecule has 0 unspecified atom stereocenters. The molecule has 6 nitrogen and oxygen atoms in total. The Morgan fingerprint density at radius 2 is 2.03 bits per heavy atom. The molecule has 2 N–H and O–H groups in total. The van der Waals surface area contributed by atoms with Gasteiger partial charge in [0, 0.05) is 29.1 Å². The van der Waals surface area contributed by atoms with Crippen LogP contribution in [-0.2, 0) is 19.1 Å². The summed E-state index contributed by atoms with van der Waals surface area (Å²) in [5.74, 6) is 1.01. The SMILES string of the molecule is Cc1cc2cc(C(=O)N(Cc3ccc(C(F)(F)F)cn3)[C@@H]3CCCc4occc43)ccc2nc1N. The van der Waals surface area contributed by atoms with Crippen LogP contribution in [0.1, 0.15) is 57.4 Å². The number of nitrogens with two attached hydrogens (primary N) is 1. The van der Waals surface area contributed by atoms with E-state index in [1.807, 2.05) is 19.1 Å². The minimum Gasteiger partial charge on any atom is -0.469 e. The highest BCUT2D eigenvalue weighted by Crippen LogP contribution is 2.37. The number of fused-ring (bicyclic) bond motifs is 2. The number of aryl methyl sites for hydroxylation is 2. The van der Waals surface area contributed by atoms with Crippen molar-refractivity contribution in [3.8, 4) is 0 Å². The lowest BCUT2D eigenvalue weighted by atomic mass is 9.91. The second kappa shape index (κ2) is 8.72. The van der Waals surface area contributed by atoms with Crippen LogP contribution in [0, 0.1) is 6.92 Å². The van der Waals surface area contributed by atoms with E-state index >= 15 is 0 Å². The van der Waals surface area contributed by atoms with Gasteiger partial charge in [0.15, 0.2) is 0 Å². The molecule has 0 fully saturated rings. The van der Waals surface area contributed by atoms with Gasteiger partial charge in [-0.05, 0) is 67.8 Å². The summed E-state index contributed by atoms with van der Waals surface area (Å²) in [6.45, 7) is 1.91. The van der Waals surface area contributed by atoms with E-state index < -0.39 is 11.7 Å². The number of rotatable bonds is 4. The summed E-state index contributed by atoms with van der Waals surface area (Å²) in [6, 6.07) is 11.0. The Kier molecular flexibility index (Phi) is 5.70. The van der Waals surface area contributed by atoms with Crippen LogP contribution in [-0.4, -0.2) is 20.8 Å². The molecule has 3 heterocycles. The molecule has 180 valence electrons. The molecule has 35 heavy (non-hydrogen) atoms. The zero-order valence-electron chi connectivity index (χ0n) is 19.0. The highest BCUT2D eigenvalue weighted by molar-refractivity contribution is 5.98. The number of halogens is 3. The molecule has 0 aliphatic heterocycles. The van der Waals surface area contributed by atoms with Gasteiger partial charge in [-0.1, -0.05) is 0 Å². The van der Waals surface area contributed by atoms with Crippen molar-refractivity contribution < 1.29 is 22.4 Å². The van der Waals surface area contributed by atoms with E-state index in [-0.39, 0.29) is 18.5 Å². The highest BCUT2D eigenvalue weighted by atomic mass is 19.4. The van der Waals surface area contributed by atoms with Gasteiger partial charge in [-0.2, -0.15) is 13.2 Å². The Labute approximate surface area is 199 Å². The van der Waals surface area contributed by atoms with Gasteiger partial charge in [0.25, 0.3) is 5.91 Å². The number of carbonyl (C=O) groups is 1. The van der Waals surface area contributed by atoms with Crippen molar-refractivity contribution in [2.45, 2.75) is 44.9 Å². The van der Waals surface area contributed by atoms with E-state index in [2.05, 4.69) is 9.97 Å². The van der Waals surface area contributed by atoms with Crippen molar-refractivity contribution >= 4 is 22.6 Å². The van der Waals surface area contributed by atoms with Crippen LogP contribution in [0.2, 0.25) is 0 Å². The Hall–Kier alpha value is -3.88. The lowest BCUT2D eigenvalue weighted by Gasteiger charge is -2.34. The van der Waals surface area contributed by atoms with Crippen LogP contribution in [0.3, 0.4) is 0 Å². The third-order valence-corrected chi connectivity index (χ3v) is 6.43. The zero-order chi connectivity index (χ0) is 24.7. The van der Waals surface area contributed by atoms with Gasteiger partial charge in [0.2, 0.25) is 0 Å². The Balaban J connectivity index is 1.53. The summed E-state index contributed by atoms with van der Waals surface area (Å²) in [7, 11) is 0. The molecule has 0 saturated carbocycles. The normalized spacial score (nSPS) is 15.7. The van der Waals surface area contributed by atoms with E-state index in [0.29, 0.717) is 29.0 Å². The van der Waals surface area contributed by atoms with Gasteiger partial charge >= 0.3 is 6.18 Å². The van der Waals surface area contributed by atoms with Crippen molar-refractivity contribution in [3.63, 3.8) is 0 Å². The van der Waals surface area contributed by atoms with E-state index in [9.17, 15) is 18.0 Å². The van der Waals surface area contributed by atoms with E-state index in [0.717, 1.165) is 47.4 Å². The molecule has 1 atom stereocenters. The van der Waals surface area contributed by atoms with E-state index in [1.165, 1.54) is 6.07 Å². The predicted octanol–water partition coefficient (Wildman–Crippen LogP) is 5.85. The first-order chi connectivity index (χ1) is 16.7. The first kappa shape index (κ1) is 22.9. The van der Waals surface area contributed by atoms with Crippen molar-refractivity contribution in [3.05, 3.63) is 88.6 Å². The largest absolute Gasteiger partial charge is 0.469 e. The third-order valence-electron chi connectivity index (χ3n) is 6.43. The summed E-state index contributed by atoms with van der Waals surface area (Å²) >= 11 is 0. The lowest BCUT2D eigenvalue weighted by Crippen LogP contribution is -2.36. The van der Waals surface area contributed by atoms with Gasteiger partial charge in [-0.25, -0.2) is 4.98 Å². The first-order valence-corrected chi connectivity index (χ1v) is 11.3. The molecule has 4 aromatic rings. The Bertz CT molecular complexity index is 1400. The number of amides is 1. The van der Waals surface area contributed by atoms with Gasteiger partial charge in [0.05, 0.1) is 35.6 Å². The van der Waals surface area contributed by atoms with Gasteiger partial charge in [0.1, 0.15) is 11.6 Å². The molecule has 0 bridgehead atoms. The average Bonchev–Trinajstić information content (AvgIpc) is 3.32. The van der Waals surface area contributed by atoms with E-state index in [4.69, 9.17) is 10.2 Å². The fourth-order valence-electron chi connectivity index (χ4n) is 4.57. The maximum atomic E-state index is 13.8. The number of furan rings is 1. The van der Waals surface area contributed by atoms with Gasteiger partial charge < -0.3 is 15.1 Å². The number of carbonyl (C=O) groups excluding carboxylic acids is 1. The van der Waals surface area contributed by atoms with Crippen molar-refractivity contribution in [2.75, 3.05) is 5.73 Å². The van der Waals surface area contributed by atoms with Crippen LogP contribution in [0.25, 0.3) is 10.9 Å². The molecular formula is C26H23F3N4O2. The average molecular weight is 480 g/mol. The van der Waals surface area contributed by atoms with Crippen LogP contribution in [0.4, 0.5) is 19.0 Å². The van der Waals surface area contributed by atoms with Crippen molar-refractivity contribution in [2.24, 2.45) is 0 Å². The summed E-state index contributed by atoms with van der Waals surface area (Å²) in [6.07, 6.45) is 0.256. The number of nitrogen functional groups attached to an aromatic ring is 1. The van der Waals surface area contributed by atoms with E-state index in [1.54, 1.807) is 29.4 Å². The second-order valence-corrected chi connectivity index (χ2v) is 8.77. The summed E-state index contributed by atoms with van der Waals surface area (Å²) in [5, 5.41) is 0.780. The minimum absolute atomic E-state index is 0.0588. The lowest BCUT2D eigenvalue weighted by molar-refractivity contribution is -0.137. The smallest absolute Gasteiger partial charge is 0.417 e. The maximum Gasteiger partial charge on any atom is 0.417 e. The number of aromatic nitrogens is 2. The molecule has 0 spiro atoms. The molecular weight excluding hydrogens is 457 g/mol. The second-order valence-electron chi connectivity index (χ2n) is 8.77. The minimum atomic E-state index is -4.48. The standard InChI is InChI=1S/C26H23F3N4O2/c1-15-11-17-12-16(5-8-21(17)32-24(15)30)25(34)33(22-3-2-4-23-20(22)9-10-35-23)14-19-7-6-18(13-31-19)26(27,28)29/h5-13,22H,2-4,14H2,1H3,(H2,30,32)/t22-/m1/s1. The number of anilines is 1. The number of benzene rings is 1. The van der Waals surface area contributed by atoms with Crippen LogP contribution in [0.5, 0.6) is 0 Å².